The minimum atomic E-state index is 0.547. The molecule has 0 heterocycles. The molecule has 0 aromatic rings. The Kier molecular flexibility index (Phi) is 2.92. The van der Waals surface area contributed by atoms with Gasteiger partial charge in [0.2, 0.25) is 0 Å². The Hall–Kier alpha value is -0.0400. The van der Waals surface area contributed by atoms with Crippen molar-refractivity contribution in [3.63, 3.8) is 0 Å². The van der Waals surface area contributed by atoms with Crippen LogP contribution in [0.4, 0.5) is 0 Å². The highest BCUT2D eigenvalue weighted by molar-refractivity contribution is 4.92. The van der Waals surface area contributed by atoms with E-state index in [1.165, 1.54) is 44.9 Å². The lowest BCUT2D eigenvalue weighted by Gasteiger charge is -2.35. The number of nitrogens with two attached hydrogens (primary N) is 1. The Morgan fingerprint density at radius 1 is 1.15 bits per heavy atom. The summed E-state index contributed by atoms with van der Waals surface area (Å²) in [6.45, 7) is 2.34. The van der Waals surface area contributed by atoms with Crippen molar-refractivity contribution in [1.82, 2.24) is 0 Å². The summed E-state index contributed by atoms with van der Waals surface area (Å²) in [6, 6.07) is 0.547. The second-order valence-corrected chi connectivity index (χ2v) is 5.03. The molecule has 3 atom stereocenters. The maximum Gasteiger partial charge on any atom is 0.00982 e. The molecule has 0 aromatic heterocycles. The van der Waals surface area contributed by atoms with Crippen molar-refractivity contribution in [3.8, 4) is 0 Å². The van der Waals surface area contributed by atoms with Gasteiger partial charge in [0.15, 0.2) is 0 Å². The third-order valence-corrected chi connectivity index (χ3v) is 4.15. The smallest absolute Gasteiger partial charge is 0.00982 e. The van der Waals surface area contributed by atoms with E-state index in [0.717, 1.165) is 17.8 Å². The Bertz CT molecular complexity index is 161. The number of rotatable bonds is 3. The van der Waals surface area contributed by atoms with Gasteiger partial charge in [0.05, 0.1) is 0 Å². The highest BCUT2D eigenvalue weighted by atomic mass is 14.7. The predicted molar refractivity (Wildman–Crippen MR) is 56.4 cm³/mol. The number of hydrogen-bond donors (Lipinski definition) is 1. The topological polar surface area (TPSA) is 26.0 Å². The fourth-order valence-corrected chi connectivity index (χ4v) is 3.08. The van der Waals surface area contributed by atoms with E-state index in [1.807, 2.05) is 0 Å². The molecule has 0 spiro atoms. The van der Waals surface area contributed by atoms with Crippen LogP contribution >= 0.6 is 0 Å². The fraction of sp³-hybridized carbons (Fsp3) is 1.00. The predicted octanol–water partition coefficient (Wildman–Crippen LogP) is 2.94. The maximum absolute atomic E-state index is 6.32. The lowest BCUT2D eigenvalue weighted by atomic mass is 9.73. The monoisotopic (exact) mass is 181 g/mol. The van der Waals surface area contributed by atoms with Crippen LogP contribution in [0.3, 0.4) is 0 Å². The van der Waals surface area contributed by atoms with Gasteiger partial charge in [0.1, 0.15) is 0 Å². The third kappa shape index (κ3) is 2.07. The minimum Gasteiger partial charge on any atom is -0.327 e. The largest absolute Gasteiger partial charge is 0.327 e. The van der Waals surface area contributed by atoms with E-state index in [9.17, 15) is 0 Å². The van der Waals surface area contributed by atoms with Crippen LogP contribution in [0.1, 0.15) is 51.9 Å². The van der Waals surface area contributed by atoms with Gasteiger partial charge in [-0.1, -0.05) is 32.6 Å². The molecule has 0 radical (unpaired) electrons. The van der Waals surface area contributed by atoms with Crippen LogP contribution in [0.2, 0.25) is 0 Å². The van der Waals surface area contributed by atoms with E-state index in [-0.39, 0.29) is 0 Å². The zero-order chi connectivity index (χ0) is 9.26. The first-order chi connectivity index (χ1) is 6.33. The molecular weight excluding hydrogens is 158 g/mol. The molecule has 2 N–H and O–H groups in total. The van der Waals surface area contributed by atoms with Gasteiger partial charge >= 0.3 is 0 Å². The molecule has 76 valence electrons. The van der Waals surface area contributed by atoms with Crippen LogP contribution in [-0.2, 0) is 0 Å². The third-order valence-electron chi connectivity index (χ3n) is 4.15. The van der Waals surface area contributed by atoms with Gasteiger partial charge in [-0.05, 0) is 37.0 Å². The van der Waals surface area contributed by atoms with Gasteiger partial charge in [0, 0.05) is 6.04 Å². The maximum atomic E-state index is 6.32. The van der Waals surface area contributed by atoms with Crippen LogP contribution in [0.25, 0.3) is 0 Å². The molecule has 3 unspecified atom stereocenters. The van der Waals surface area contributed by atoms with E-state index in [1.54, 1.807) is 0 Å². The molecule has 0 aromatic carbocycles. The summed E-state index contributed by atoms with van der Waals surface area (Å²) in [5, 5.41) is 0. The zero-order valence-corrected chi connectivity index (χ0v) is 8.84. The fourth-order valence-electron chi connectivity index (χ4n) is 3.08. The normalized spacial score (nSPS) is 37.4. The van der Waals surface area contributed by atoms with Gasteiger partial charge in [-0.25, -0.2) is 0 Å². The zero-order valence-electron chi connectivity index (χ0n) is 8.84. The average Bonchev–Trinajstić information content (AvgIpc) is 3.00. The quantitative estimate of drug-likeness (QED) is 0.711. The first kappa shape index (κ1) is 9.51. The van der Waals surface area contributed by atoms with E-state index in [0.29, 0.717) is 6.04 Å². The standard InChI is InChI=1S/C12H23N/c1-2-9-5-3-4-6-11(9)12(13)10-7-8-10/h9-12H,2-8,13H2,1H3. The van der Waals surface area contributed by atoms with Crippen molar-refractivity contribution in [3.05, 3.63) is 0 Å². The molecule has 1 nitrogen and oxygen atoms in total. The molecule has 13 heavy (non-hydrogen) atoms. The Labute approximate surface area is 82.1 Å². The van der Waals surface area contributed by atoms with Gasteiger partial charge in [-0.2, -0.15) is 0 Å². The van der Waals surface area contributed by atoms with Crippen LogP contribution in [-0.4, -0.2) is 6.04 Å². The van der Waals surface area contributed by atoms with Crippen molar-refractivity contribution in [2.45, 2.75) is 57.9 Å². The lowest BCUT2D eigenvalue weighted by Crippen LogP contribution is -2.38. The summed E-state index contributed by atoms with van der Waals surface area (Å²) < 4.78 is 0. The van der Waals surface area contributed by atoms with Crippen molar-refractivity contribution in [2.24, 2.45) is 23.5 Å². The molecular formula is C12H23N. The van der Waals surface area contributed by atoms with Crippen LogP contribution in [0, 0.1) is 17.8 Å². The van der Waals surface area contributed by atoms with Crippen LogP contribution < -0.4 is 5.73 Å². The summed E-state index contributed by atoms with van der Waals surface area (Å²) in [4.78, 5) is 0. The lowest BCUT2D eigenvalue weighted by molar-refractivity contribution is 0.184. The first-order valence-electron chi connectivity index (χ1n) is 6.08. The van der Waals surface area contributed by atoms with Gasteiger partial charge < -0.3 is 5.73 Å². The molecule has 1 heteroatoms. The first-order valence-corrected chi connectivity index (χ1v) is 6.08. The van der Waals surface area contributed by atoms with E-state index in [4.69, 9.17) is 5.73 Å². The van der Waals surface area contributed by atoms with Gasteiger partial charge in [-0.15, -0.1) is 0 Å². The molecule has 0 aliphatic heterocycles. The molecule has 0 saturated heterocycles. The van der Waals surface area contributed by atoms with Crippen molar-refractivity contribution < 1.29 is 0 Å². The summed E-state index contributed by atoms with van der Waals surface area (Å²) >= 11 is 0. The van der Waals surface area contributed by atoms with Crippen LogP contribution in [0.15, 0.2) is 0 Å². The molecule has 2 aliphatic carbocycles. The van der Waals surface area contributed by atoms with E-state index >= 15 is 0 Å². The molecule has 2 rings (SSSR count). The molecule has 2 aliphatic rings. The molecule has 2 saturated carbocycles. The molecule has 0 amide bonds. The second-order valence-electron chi connectivity index (χ2n) is 5.03. The molecule has 0 bridgehead atoms. The summed E-state index contributed by atoms with van der Waals surface area (Å²) in [5.74, 6) is 2.72. The van der Waals surface area contributed by atoms with Crippen molar-refractivity contribution >= 4 is 0 Å². The SMILES string of the molecule is CCC1CCCCC1C(N)C1CC1. The molecule has 2 fully saturated rings. The van der Waals surface area contributed by atoms with Gasteiger partial charge in [-0.3, -0.25) is 0 Å². The summed E-state index contributed by atoms with van der Waals surface area (Å²) in [6.07, 6.45) is 9.92. The summed E-state index contributed by atoms with van der Waals surface area (Å²) in [7, 11) is 0. The Morgan fingerprint density at radius 3 is 2.46 bits per heavy atom. The number of hydrogen-bond acceptors (Lipinski definition) is 1. The van der Waals surface area contributed by atoms with Gasteiger partial charge in [0.25, 0.3) is 0 Å². The second kappa shape index (κ2) is 4.00. The van der Waals surface area contributed by atoms with E-state index < -0.39 is 0 Å². The Morgan fingerprint density at radius 2 is 1.85 bits per heavy atom. The highest BCUT2D eigenvalue weighted by Crippen LogP contribution is 2.42. The van der Waals surface area contributed by atoms with Crippen molar-refractivity contribution in [1.29, 1.82) is 0 Å². The van der Waals surface area contributed by atoms with Crippen molar-refractivity contribution in [2.75, 3.05) is 0 Å². The van der Waals surface area contributed by atoms with Crippen LogP contribution in [0.5, 0.6) is 0 Å². The van der Waals surface area contributed by atoms with E-state index in [2.05, 4.69) is 6.92 Å². The summed E-state index contributed by atoms with van der Waals surface area (Å²) in [5.41, 5.74) is 6.32. The minimum absolute atomic E-state index is 0.547. The Balaban J connectivity index is 1.92. The average molecular weight is 181 g/mol. The highest BCUT2D eigenvalue weighted by Gasteiger charge is 2.37.